The zero-order chi connectivity index (χ0) is 17.8. The van der Waals surface area contributed by atoms with Crippen molar-refractivity contribution in [3.63, 3.8) is 0 Å². The van der Waals surface area contributed by atoms with Crippen LogP contribution in [0.25, 0.3) is 0 Å². The number of carbonyl (C=O) groups excluding carboxylic acids is 1. The van der Waals surface area contributed by atoms with Crippen molar-refractivity contribution in [1.29, 1.82) is 0 Å². The molecule has 25 heavy (non-hydrogen) atoms. The molecule has 0 N–H and O–H groups in total. The van der Waals surface area contributed by atoms with E-state index in [-0.39, 0.29) is 12.0 Å². The number of amides is 1. The van der Waals surface area contributed by atoms with Crippen LogP contribution in [0.5, 0.6) is 17.4 Å². The molecule has 2 aromatic rings. The summed E-state index contributed by atoms with van der Waals surface area (Å²) in [7, 11) is 3.21. The Kier molecular flexibility index (Phi) is 5.07. The molecular weight excluding hydrogens is 320 g/mol. The van der Waals surface area contributed by atoms with E-state index in [1.807, 2.05) is 37.3 Å². The number of pyridine rings is 1. The second kappa shape index (κ2) is 7.42. The van der Waals surface area contributed by atoms with Crippen molar-refractivity contribution in [3.05, 3.63) is 42.1 Å². The Morgan fingerprint density at radius 3 is 2.84 bits per heavy atom. The fourth-order valence-electron chi connectivity index (χ4n) is 2.92. The zero-order valence-corrected chi connectivity index (χ0v) is 14.7. The van der Waals surface area contributed by atoms with Crippen molar-refractivity contribution in [2.75, 3.05) is 25.7 Å². The number of nitrogens with zero attached hydrogens (tertiary/aromatic N) is 2. The van der Waals surface area contributed by atoms with Gasteiger partial charge in [-0.05, 0) is 43.2 Å². The van der Waals surface area contributed by atoms with Gasteiger partial charge in [0.1, 0.15) is 11.8 Å². The van der Waals surface area contributed by atoms with E-state index < -0.39 is 0 Å². The molecule has 0 saturated carbocycles. The maximum Gasteiger partial charge on any atom is 0.238 e. The number of aryl methyl sites for hydroxylation is 1. The summed E-state index contributed by atoms with van der Waals surface area (Å²) in [4.78, 5) is 18.7. The van der Waals surface area contributed by atoms with Gasteiger partial charge in [0.15, 0.2) is 11.5 Å². The van der Waals surface area contributed by atoms with Crippen LogP contribution in [0.4, 0.5) is 5.69 Å². The molecule has 132 valence electrons. The number of hydrogen-bond donors (Lipinski definition) is 0. The first-order valence-corrected chi connectivity index (χ1v) is 8.25. The van der Waals surface area contributed by atoms with Gasteiger partial charge in [-0.3, -0.25) is 4.79 Å². The van der Waals surface area contributed by atoms with Gasteiger partial charge in [-0.25, -0.2) is 4.98 Å². The molecular formula is C19H22N2O4. The van der Waals surface area contributed by atoms with Gasteiger partial charge >= 0.3 is 0 Å². The Morgan fingerprint density at radius 1 is 1.28 bits per heavy atom. The van der Waals surface area contributed by atoms with Crippen molar-refractivity contribution in [2.45, 2.75) is 25.9 Å². The highest BCUT2D eigenvalue weighted by molar-refractivity contribution is 5.95. The van der Waals surface area contributed by atoms with Crippen LogP contribution >= 0.6 is 0 Å². The van der Waals surface area contributed by atoms with Gasteiger partial charge < -0.3 is 19.1 Å². The van der Waals surface area contributed by atoms with Gasteiger partial charge in [0.2, 0.25) is 11.8 Å². The van der Waals surface area contributed by atoms with Gasteiger partial charge in [0.25, 0.3) is 0 Å². The lowest BCUT2D eigenvalue weighted by Gasteiger charge is -2.32. The second-order valence-electron chi connectivity index (χ2n) is 5.95. The number of benzene rings is 1. The van der Waals surface area contributed by atoms with Crippen molar-refractivity contribution < 1.29 is 19.0 Å². The molecule has 1 aromatic carbocycles. The summed E-state index contributed by atoms with van der Waals surface area (Å²) in [6.07, 6.45) is 2.62. The highest BCUT2D eigenvalue weighted by atomic mass is 16.5. The van der Waals surface area contributed by atoms with E-state index in [1.54, 1.807) is 25.3 Å². The lowest BCUT2D eigenvalue weighted by Crippen LogP contribution is -2.42. The summed E-state index contributed by atoms with van der Waals surface area (Å²) in [5.74, 6) is 1.92. The summed E-state index contributed by atoms with van der Waals surface area (Å²) in [6.45, 7) is 2.47. The number of ether oxygens (including phenoxy) is 3. The minimum absolute atomic E-state index is 0.0548. The van der Waals surface area contributed by atoms with Crippen LogP contribution in [0, 0.1) is 0 Å². The van der Waals surface area contributed by atoms with Crippen LogP contribution in [0.3, 0.4) is 0 Å². The quantitative estimate of drug-likeness (QED) is 0.836. The number of carbonyl (C=O) groups is 1. The molecule has 0 saturated heterocycles. The van der Waals surface area contributed by atoms with E-state index in [9.17, 15) is 4.79 Å². The first-order valence-electron chi connectivity index (χ1n) is 8.25. The van der Waals surface area contributed by atoms with Crippen LogP contribution < -0.4 is 19.1 Å². The molecule has 3 rings (SSSR count). The molecule has 0 bridgehead atoms. The number of hydrogen-bond acceptors (Lipinski definition) is 5. The zero-order valence-electron chi connectivity index (χ0n) is 14.7. The van der Waals surface area contributed by atoms with Gasteiger partial charge in [-0.15, -0.1) is 0 Å². The van der Waals surface area contributed by atoms with Gasteiger partial charge in [0, 0.05) is 12.6 Å². The minimum Gasteiger partial charge on any atom is -0.493 e. The topological polar surface area (TPSA) is 60.9 Å². The highest BCUT2D eigenvalue weighted by Crippen LogP contribution is 2.32. The molecule has 0 spiro atoms. The fraction of sp³-hybridized carbons (Fsp3) is 0.368. The van der Waals surface area contributed by atoms with Crippen LogP contribution in [-0.4, -0.2) is 37.8 Å². The summed E-state index contributed by atoms with van der Waals surface area (Å²) >= 11 is 0. The third kappa shape index (κ3) is 3.68. The first-order chi connectivity index (χ1) is 12.1. The average Bonchev–Trinajstić information content (AvgIpc) is 2.65. The molecule has 6 nitrogen and oxygen atoms in total. The lowest BCUT2D eigenvalue weighted by atomic mass is 10.1. The van der Waals surface area contributed by atoms with Crippen LogP contribution in [0.1, 0.15) is 18.9 Å². The van der Waals surface area contributed by atoms with Crippen molar-refractivity contribution in [1.82, 2.24) is 4.98 Å². The Labute approximate surface area is 147 Å². The Balaban J connectivity index is 1.71. The summed E-state index contributed by atoms with van der Waals surface area (Å²) in [5, 5.41) is 0. The second-order valence-corrected chi connectivity index (χ2v) is 5.95. The van der Waals surface area contributed by atoms with E-state index in [1.165, 1.54) is 0 Å². The largest absolute Gasteiger partial charge is 0.493 e. The number of rotatable bonds is 5. The third-order valence-corrected chi connectivity index (χ3v) is 4.17. The SMILES string of the molecule is COc1ccc(CCC(=O)N2C[C@@H](C)Oc3ncccc32)cc1OC. The van der Waals surface area contributed by atoms with E-state index in [0.717, 1.165) is 11.3 Å². The molecule has 0 radical (unpaired) electrons. The van der Waals surface area contributed by atoms with E-state index in [4.69, 9.17) is 14.2 Å². The molecule has 1 aliphatic heterocycles. The normalized spacial score (nSPS) is 16.0. The van der Waals surface area contributed by atoms with Crippen LogP contribution in [-0.2, 0) is 11.2 Å². The first kappa shape index (κ1) is 17.1. The molecule has 0 fully saturated rings. The standard InChI is InChI=1S/C19H22N2O4/c1-13-12-21(15-5-4-10-20-19(15)25-13)18(22)9-7-14-6-8-16(23-2)17(11-14)24-3/h4-6,8,10-11,13H,7,9,12H2,1-3H3/t13-/m1/s1. The smallest absolute Gasteiger partial charge is 0.238 e. The molecule has 2 heterocycles. The Bertz CT molecular complexity index is 763. The monoisotopic (exact) mass is 342 g/mol. The molecule has 1 amide bonds. The average molecular weight is 342 g/mol. The number of aromatic nitrogens is 1. The van der Waals surface area contributed by atoms with E-state index in [2.05, 4.69) is 4.98 Å². The summed E-state index contributed by atoms with van der Waals surface area (Å²) < 4.78 is 16.3. The lowest BCUT2D eigenvalue weighted by molar-refractivity contribution is -0.119. The van der Waals surface area contributed by atoms with Gasteiger partial charge in [-0.2, -0.15) is 0 Å². The minimum atomic E-state index is -0.0765. The predicted molar refractivity (Wildman–Crippen MR) is 94.5 cm³/mol. The Morgan fingerprint density at radius 2 is 2.08 bits per heavy atom. The number of fused-ring (bicyclic) bond motifs is 1. The van der Waals surface area contributed by atoms with Crippen molar-refractivity contribution in [3.8, 4) is 17.4 Å². The summed E-state index contributed by atoms with van der Waals surface area (Å²) in [6, 6.07) is 9.39. The maximum absolute atomic E-state index is 12.7. The number of methoxy groups -OCH3 is 2. The van der Waals surface area contributed by atoms with E-state index >= 15 is 0 Å². The number of anilines is 1. The Hall–Kier alpha value is -2.76. The third-order valence-electron chi connectivity index (χ3n) is 4.17. The fourth-order valence-corrected chi connectivity index (χ4v) is 2.92. The molecule has 1 aromatic heterocycles. The van der Waals surface area contributed by atoms with Crippen molar-refractivity contribution >= 4 is 11.6 Å². The predicted octanol–water partition coefficient (Wildman–Crippen LogP) is 2.85. The molecule has 0 unspecified atom stereocenters. The molecule has 6 heteroatoms. The van der Waals surface area contributed by atoms with Crippen molar-refractivity contribution in [2.24, 2.45) is 0 Å². The van der Waals surface area contributed by atoms with Gasteiger partial charge in [0.05, 0.1) is 20.8 Å². The summed E-state index contributed by atoms with van der Waals surface area (Å²) in [5.41, 5.74) is 1.76. The highest BCUT2D eigenvalue weighted by Gasteiger charge is 2.28. The van der Waals surface area contributed by atoms with Crippen LogP contribution in [0.2, 0.25) is 0 Å². The molecule has 1 aliphatic rings. The van der Waals surface area contributed by atoms with E-state index in [0.29, 0.717) is 36.8 Å². The molecule has 1 atom stereocenters. The maximum atomic E-state index is 12.7. The van der Waals surface area contributed by atoms with Crippen LogP contribution in [0.15, 0.2) is 36.5 Å². The van der Waals surface area contributed by atoms with Gasteiger partial charge in [-0.1, -0.05) is 6.07 Å². The molecule has 0 aliphatic carbocycles.